The molecule has 7 nitrogen and oxygen atoms in total. The lowest BCUT2D eigenvalue weighted by Gasteiger charge is -2.22. The predicted octanol–water partition coefficient (Wildman–Crippen LogP) is 4.26. The van der Waals surface area contributed by atoms with Crippen LogP contribution >= 0.6 is 11.5 Å². The Kier molecular flexibility index (Phi) is 5.93. The summed E-state index contributed by atoms with van der Waals surface area (Å²) in [5, 5.41) is 12.4. The number of carbonyl (C=O) groups is 1. The molecule has 1 N–H and O–H groups in total. The largest absolute Gasteiger partial charge is 0.461 e. The molecule has 1 saturated heterocycles. The number of likely N-dealkylation sites (tertiary alicyclic amines) is 1. The van der Waals surface area contributed by atoms with Crippen molar-refractivity contribution >= 4 is 22.6 Å². The Morgan fingerprint density at radius 3 is 2.93 bits per heavy atom. The number of amides is 1. The fourth-order valence-electron chi connectivity index (χ4n) is 3.72. The van der Waals surface area contributed by atoms with Crippen molar-refractivity contribution in [1.29, 1.82) is 5.26 Å². The Balaban J connectivity index is 1.43. The fraction of sp³-hybridized carbons (Fsp3) is 0.364. The Bertz CT molecular complexity index is 1090. The van der Waals surface area contributed by atoms with Gasteiger partial charge in [-0.2, -0.15) is 9.64 Å². The second-order valence-corrected chi connectivity index (χ2v) is 8.29. The van der Waals surface area contributed by atoms with Gasteiger partial charge in [0.2, 0.25) is 5.13 Å². The SMILES string of the molecule is Cc1oc(-c2cccc(C#N)c2)cc1C(=O)Nc1nc(CC(C)N2CCCC2)ns1. The maximum Gasteiger partial charge on any atom is 0.261 e. The summed E-state index contributed by atoms with van der Waals surface area (Å²) >= 11 is 1.19. The molecule has 0 radical (unpaired) electrons. The second-order valence-electron chi connectivity index (χ2n) is 7.54. The number of furan rings is 1. The number of carbonyl (C=O) groups excluding carboxylic acids is 1. The topological polar surface area (TPSA) is 95.0 Å². The zero-order valence-corrected chi connectivity index (χ0v) is 17.8. The number of aromatic nitrogens is 2. The van der Waals surface area contributed by atoms with E-state index in [1.165, 1.54) is 24.4 Å². The molecule has 4 rings (SSSR count). The van der Waals surface area contributed by atoms with Crippen molar-refractivity contribution in [2.24, 2.45) is 0 Å². The summed E-state index contributed by atoms with van der Waals surface area (Å²) in [6, 6.07) is 11.3. The first-order valence-corrected chi connectivity index (χ1v) is 10.8. The maximum absolute atomic E-state index is 12.8. The van der Waals surface area contributed by atoms with Crippen LogP contribution in [-0.4, -0.2) is 39.3 Å². The van der Waals surface area contributed by atoms with Gasteiger partial charge in [-0.25, -0.2) is 4.98 Å². The van der Waals surface area contributed by atoms with Crippen molar-refractivity contribution < 1.29 is 9.21 Å². The summed E-state index contributed by atoms with van der Waals surface area (Å²) in [5.74, 6) is 1.53. The Morgan fingerprint density at radius 2 is 2.17 bits per heavy atom. The van der Waals surface area contributed by atoms with Crippen molar-refractivity contribution in [3.63, 3.8) is 0 Å². The normalized spacial score (nSPS) is 15.1. The van der Waals surface area contributed by atoms with E-state index in [0.717, 1.165) is 30.9 Å². The molecule has 154 valence electrons. The van der Waals surface area contributed by atoms with Gasteiger partial charge in [0.05, 0.1) is 17.2 Å². The minimum absolute atomic E-state index is 0.283. The van der Waals surface area contributed by atoms with Crippen LogP contribution in [0.15, 0.2) is 34.7 Å². The van der Waals surface area contributed by atoms with Crippen LogP contribution in [0, 0.1) is 18.3 Å². The lowest BCUT2D eigenvalue weighted by molar-refractivity contribution is 0.102. The number of hydrogen-bond acceptors (Lipinski definition) is 7. The van der Waals surface area contributed by atoms with E-state index in [-0.39, 0.29) is 5.91 Å². The lowest BCUT2D eigenvalue weighted by atomic mass is 10.1. The van der Waals surface area contributed by atoms with Gasteiger partial charge in [-0.05, 0) is 58.0 Å². The van der Waals surface area contributed by atoms with Gasteiger partial charge in [0.15, 0.2) is 0 Å². The molecule has 3 aromatic rings. The van der Waals surface area contributed by atoms with Crippen molar-refractivity contribution in [3.05, 3.63) is 53.0 Å². The van der Waals surface area contributed by atoms with E-state index >= 15 is 0 Å². The Morgan fingerprint density at radius 1 is 1.37 bits per heavy atom. The van der Waals surface area contributed by atoms with Crippen molar-refractivity contribution in [2.75, 3.05) is 18.4 Å². The van der Waals surface area contributed by atoms with Crippen LogP contribution in [0.1, 0.15) is 47.3 Å². The summed E-state index contributed by atoms with van der Waals surface area (Å²) < 4.78 is 10.2. The molecule has 1 atom stereocenters. The molecule has 0 saturated carbocycles. The van der Waals surface area contributed by atoms with E-state index in [1.807, 2.05) is 6.07 Å². The van der Waals surface area contributed by atoms with Crippen LogP contribution in [0.2, 0.25) is 0 Å². The molecule has 1 aliphatic rings. The molecule has 1 aromatic carbocycles. The summed E-state index contributed by atoms with van der Waals surface area (Å²) in [5.41, 5.74) is 1.73. The van der Waals surface area contributed by atoms with Gasteiger partial charge in [-0.15, -0.1) is 0 Å². The highest BCUT2D eigenvalue weighted by molar-refractivity contribution is 7.09. The Labute approximate surface area is 179 Å². The monoisotopic (exact) mass is 421 g/mol. The molecule has 30 heavy (non-hydrogen) atoms. The average Bonchev–Trinajstić information content (AvgIpc) is 3.49. The lowest BCUT2D eigenvalue weighted by Crippen LogP contribution is -2.32. The first-order chi connectivity index (χ1) is 14.5. The fourth-order valence-corrected chi connectivity index (χ4v) is 4.31. The molecule has 1 fully saturated rings. The number of anilines is 1. The van der Waals surface area contributed by atoms with Crippen LogP contribution in [0.5, 0.6) is 0 Å². The van der Waals surface area contributed by atoms with E-state index in [9.17, 15) is 4.79 Å². The minimum atomic E-state index is -0.283. The molecule has 0 spiro atoms. The van der Waals surface area contributed by atoms with Crippen molar-refractivity contribution in [2.45, 2.75) is 39.2 Å². The second kappa shape index (κ2) is 8.78. The van der Waals surface area contributed by atoms with E-state index in [2.05, 4.69) is 32.6 Å². The number of nitrogens with zero attached hydrogens (tertiary/aromatic N) is 4. The van der Waals surface area contributed by atoms with Crippen LogP contribution in [-0.2, 0) is 6.42 Å². The highest BCUT2D eigenvalue weighted by Crippen LogP contribution is 2.27. The molecule has 2 aromatic heterocycles. The zero-order chi connectivity index (χ0) is 21.1. The van der Waals surface area contributed by atoms with Gasteiger partial charge >= 0.3 is 0 Å². The zero-order valence-electron chi connectivity index (χ0n) is 17.0. The number of nitriles is 1. The third-order valence-corrected chi connectivity index (χ3v) is 6.04. The molecule has 1 amide bonds. The minimum Gasteiger partial charge on any atom is -0.461 e. The smallest absolute Gasteiger partial charge is 0.261 e. The van der Waals surface area contributed by atoms with Gasteiger partial charge < -0.3 is 9.32 Å². The first-order valence-electron chi connectivity index (χ1n) is 10.0. The highest BCUT2D eigenvalue weighted by Gasteiger charge is 2.21. The maximum atomic E-state index is 12.8. The third kappa shape index (κ3) is 4.42. The first kappa shape index (κ1) is 20.3. The van der Waals surface area contributed by atoms with Crippen LogP contribution in [0.4, 0.5) is 5.13 Å². The summed E-state index contributed by atoms with van der Waals surface area (Å²) in [6.07, 6.45) is 3.28. The van der Waals surface area contributed by atoms with Crippen LogP contribution in [0.25, 0.3) is 11.3 Å². The van der Waals surface area contributed by atoms with Crippen LogP contribution in [0.3, 0.4) is 0 Å². The van der Waals surface area contributed by atoms with E-state index in [1.54, 1.807) is 31.2 Å². The molecule has 1 aliphatic heterocycles. The molecule has 0 bridgehead atoms. The average molecular weight is 422 g/mol. The van der Waals surface area contributed by atoms with Crippen molar-refractivity contribution in [1.82, 2.24) is 14.3 Å². The summed E-state index contributed by atoms with van der Waals surface area (Å²) in [6.45, 7) is 6.21. The quantitative estimate of drug-likeness (QED) is 0.639. The molecule has 0 aliphatic carbocycles. The number of rotatable bonds is 6. The van der Waals surface area contributed by atoms with Crippen molar-refractivity contribution in [3.8, 4) is 17.4 Å². The van der Waals surface area contributed by atoms with E-state index in [4.69, 9.17) is 9.68 Å². The van der Waals surface area contributed by atoms with Gasteiger partial charge in [-0.3, -0.25) is 10.1 Å². The number of aryl methyl sites for hydroxylation is 1. The predicted molar refractivity (Wildman–Crippen MR) is 115 cm³/mol. The van der Waals surface area contributed by atoms with Crippen LogP contribution < -0.4 is 5.32 Å². The number of hydrogen-bond donors (Lipinski definition) is 1. The summed E-state index contributed by atoms with van der Waals surface area (Å²) in [4.78, 5) is 19.7. The van der Waals surface area contributed by atoms with E-state index < -0.39 is 0 Å². The molecule has 8 heteroatoms. The van der Waals surface area contributed by atoms with E-state index in [0.29, 0.717) is 33.8 Å². The van der Waals surface area contributed by atoms with Gasteiger partial charge in [0.1, 0.15) is 17.3 Å². The molecule has 3 heterocycles. The van der Waals surface area contributed by atoms with Gasteiger partial charge in [-0.1, -0.05) is 12.1 Å². The standard InChI is InChI=1S/C22H23N5O2S/c1-14(27-8-3-4-9-27)10-20-24-22(30-26-20)25-21(28)18-12-19(29-15(18)2)17-7-5-6-16(11-17)13-23/h5-7,11-12,14H,3-4,8-10H2,1-2H3,(H,24,25,26,28). The number of nitrogens with one attached hydrogen (secondary N) is 1. The number of benzene rings is 1. The third-order valence-electron chi connectivity index (χ3n) is 5.37. The van der Waals surface area contributed by atoms with Gasteiger partial charge in [0, 0.05) is 29.6 Å². The highest BCUT2D eigenvalue weighted by atomic mass is 32.1. The molecular weight excluding hydrogens is 398 g/mol. The molecular formula is C22H23N5O2S. The Hall–Kier alpha value is -3.02. The molecule has 1 unspecified atom stereocenters. The summed E-state index contributed by atoms with van der Waals surface area (Å²) in [7, 11) is 0. The van der Waals surface area contributed by atoms with Gasteiger partial charge in [0.25, 0.3) is 5.91 Å².